The number of nitrogens with one attached hydrogen (secondary N) is 1. The average Bonchev–Trinajstić information content (AvgIpc) is 2.30. The Morgan fingerprint density at radius 1 is 1.21 bits per heavy atom. The third kappa shape index (κ3) is 2.14. The molecule has 1 aliphatic rings. The molecule has 0 radical (unpaired) electrons. The van der Waals surface area contributed by atoms with E-state index in [2.05, 4.69) is 35.6 Å². The molecule has 1 saturated heterocycles. The van der Waals surface area contributed by atoms with Gasteiger partial charge >= 0.3 is 0 Å². The van der Waals surface area contributed by atoms with E-state index >= 15 is 0 Å². The van der Waals surface area contributed by atoms with Gasteiger partial charge in [-0.3, -0.25) is 0 Å². The van der Waals surface area contributed by atoms with Crippen LogP contribution < -0.4 is 11.1 Å². The SMILES string of the molecule is NCC1CCC(c2ccccc2)NC1. The molecule has 1 aromatic carbocycles. The highest BCUT2D eigenvalue weighted by Crippen LogP contribution is 2.24. The summed E-state index contributed by atoms with van der Waals surface area (Å²) in [6.07, 6.45) is 2.47. The minimum absolute atomic E-state index is 0.541. The van der Waals surface area contributed by atoms with Crippen LogP contribution in [0.3, 0.4) is 0 Å². The predicted molar refractivity (Wildman–Crippen MR) is 59.0 cm³/mol. The van der Waals surface area contributed by atoms with Crippen LogP contribution in [0.2, 0.25) is 0 Å². The van der Waals surface area contributed by atoms with Crippen LogP contribution >= 0.6 is 0 Å². The molecule has 0 bridgehead atoms. The molecule has 0 aromatic heterocycles. The third-order valence-corrected chi connectivity index (χ3v) is 3.05. The van der Waals surface area contributed by atoms with Gasteiger partial charge in [0.15, 0.2) is 0 Å². The van der Waals surface area contributed by atoms with Crippen molar-refractivity contribution >= 4 is 0 Å². The molecule has 0 aliphatic carbocycles. The molecule has 1 aromatic rings. The quantitative estimate of drug-likeness (QED) is 0.744. The standard InChI is InChI=1S/C12H18N2/c13-8-10-6-7-12(14-9-10)11-4-2-1-3-5-11/h1-5,10,12,14H,6-9,13H2. The lowest BCUT2D eigenvalue weighted by molar-refractivity contribution is 0.320. The first-order valence-electron chi connectivity index (χ1n) is 5.38. The van der Waals surface area contributed by atoms with Gasteiger partial charge in [-0.1, -0.05) is 30.3 Å². The maximum absolute atomic E-state index is 5.65. The van der Waals surface area contributed by atoms with Gasteiger partial charge in [0.05, 0.1) is 0 Å². The maximum atomic E-state index is 5.65. The van der Waals surface area contributed by atoms with Crippen LogP contribution in [0, 0.1) is 5.92 Å². The van der Waals surface area contributed by atoms with E-state index in [0.717, 1.165) is 13.1 Å². The van der Waals surface area contributed by atoms with Gasteiger partial charge in [-0.05, 0) is 37.4 Å². The van der Waals surface area contributed by atoms with Crippen molar-refractivity contribution in [2.45, 2.75) is 18.9 Å². The summed E-state index contributed by atoms with van der Waals surface area (Å²) in [5.41, 5.74) is 7.05. The van der Waals surface area contributed by atoms with Gasteiger partial charge in [0.25, 0.3) is 0 Å². The molecule has 2 nitrogen and oxygen atoms in total. The molecule has 1 heterocycles. The predicted octanol–water partition coefficient (Wildman–Crippen LogP) is 1.69. The van der Waals surface area contributed by atoms with E-state index < -0.39 is 0 Å². The molecular formula is C12H18N2. The van der Waals surface area contributed by atoms with Crippen LogP contribution in [0.15, 0.2) is 30.3 Å². The van der Waals surface area contributed by atoms with Crippen molar-refractivity contribution in [1.29, 1.82) is 0 Å². The van der Waals surface area contributed by atoms with E-state index in [1.54, 1.807) is 0 Å². The molecule has 0 amide bonds. The normalized spacial score (nSPS) is 27.5. The molecule has 3 N–H and O–H groups in total. The van der Waals surface area contributed by atoms with Crippen LogP contribution in [0.25, 0.3) is 0 Å². The zero-order valence-electron chi connectivity index (χ0n) is 8.45. The first-order valence-corrected chi connectivity index (χ1v) is 5.38. The van der Waals surface area contributed by atoms with Crippen LogP contribution in [0.4, 0.5) is 0 Å². The summed E-state index contributed by atoms with van der Waals surface area (Å²) in [7, 11) is 0. The van der Waals surface area contributed by atoms with Crippen molar-refractivity contribution in [3.63, 3.8) is 0 Å². The zero-order chi connectivity index (χ0) is 9.80. The summed E-state index contributed by atoms with van der Waals surface area (Å²) in [5, 5.41) is 3.56. The molecule has 2 heteroatoms. The molecule has 0 spiro atoms. The van der Waals surface area contributed by atoms with Crippen LogP contribution in [-0.4, -0.2) is 13.1 Å². The van der Waals surface area contributed by atoms with E-state index in [9.17, 15) is 0 Å². The minimum atomic E-state index is 0.541. The van der Waals surface area contributed by atoms with Crippen molar-refractivity contribution in [3.05, 3.63) is 35.9 Å². The second-order valence-electron chi connectivity index (χ2n) is 4.05. The van der Waals surface area contributed by atoms with E-state index in [1.165, 1.54) is 18.4 Å². The van der Waals surface area contributed by atoms with Gasteiger partial charge < -0.3 is 11.1 Å². The molecule has 76 valence electrons. The molecular weight excluding hydrogens is 172 g/mol. The number of benzene rings is 1. The minimum Gasteiger partial charge on any atom is -0.330 e. The highest BCUT2D eigenvalue weighted by molar-refractivity contribution is 5.19. The molecule has 1 fully saturated rings. The van der Waals surface area contributed by atoms with Crippen LogP contribution in [-0.2, 0) is 0 Å². The average molecular weight is 190 g/mol. The summed E-state index contributed by atoms with van der Waals surface area (Å²) in [4.78, 5) is 0. The molecule has 2 unspecified atom stereocenters. The fourth-order valence-electron chi connectivity index (χ4n) is 2.09. The number of piperidine rings is 1. The van der Waals surface area contributed by atoms with E-state index in [1.807, 2.05) is 0 Å². The van der Waals surface area contributed by atoms with Gasteiger partial charge in [-0.15, -0.1) is 0 Å². The highest BCUT2D eigenvalue weighted by atomic mass is 14.9. The monoisotopic (exact) mass is 190 g/mol. The molecule has 2 rings (SSSR count). The Labute approximate surface area is 85.5 Å². The number of hydrogen-bond acceptors (Lipinski definition) is 2. The summed E-state index contributed by atoms with van der Waals surface area (Å²) in [6, 6.07) is 11.2. The van der Waals surface area contributed by atoms with Gasteiger partial charge in [0.2, 0.25) is 0 Å². The summed E-state index contributed by atoms with van der Waals surface area (Å²) in [6.45, 7) is 1.88. The Kier molecular flexibility index (Phi) is 3.17. The second-order valence-corrected chi connectivity index (χ2v) is 4.05. The smallest absolute Gasteiger partial charge is 0.0320 e. The Bertz CT molecular complexity index is 263. The molecule has 1 aliphatic heterocycles. The Hall–Kier alpha value is -0.860. The highest BCUT2D eigenvalue weighted by Gasteiger charge is 2.19. The summed E-state index contributed by atoms with van der Waals surface area (Å²) < 4.78 is 0. The lowest BCUT2D eigenvalue weighted by Crippen LogP contribution is -2.36. The largest absolute Gasteiger partial charge is 0.330 e. The lowest BCUT2D eigenvalue weighted by Gasteiger charge is -2.29. The molecule has 0 saturated carbocycles. The second kappa shape index (κ2) is 4.58. The Morgan fingerprint density at radius 3 is 2.57 bits per heavy atom. The zero-order valence-corrected chi connectivity index (χ0v) is 8.45. The maximum Gasteiger partial charge on any atom is 0.0320 e. The fraction of sp³-hybridized carbons (Fsp3) is 0.500. The van der Waals surface area contributed by atoms with Gasteiger partial charge in [0, 0.05) is 6.04 Å². The third-order valence-electron chi connectivity index (χ3n) is 3.05. The molecule has 14 heavy (non-hydrogen) atoms. The summed E-state index contributed by atoms with van der Waals surface area (Å²) in [5.74, 6) is 0.676. The van der Waals surface area contributed by atoms with E-state index in [4.69, 9.17) is 5.73 Å². The molecule has 2 atom stereocenters. The van der Waals surface area contributed by atoms with E-state index in [0.29, 0.717) is 12.0 Å². The van der Waals surface area contributed by atoms with Gasteiger partial charge in [0.1, 0.15) is 0 Å². The first kappa shape index (κ1) is 9.69. The van der Waals surface area contributed by atoms with Crippen molar-refractivity contribution in [3.8, 4) is 0 Å². The first-order chi connectivity index (χ1) is 6.90. The van der Waals surface area contributed by atoms with Crippen LogP contribution in [0.5, 0.6) is 0 Å². The van der Waals surface area contributed by atoms with Crippen molar-refractivity contribution < 1.29 is 0 Å². The lowest BCUT2D eigenvalue weighted by atomic mass is 9.91. The van der Waals surface area contributed by atoms with Gasteiger partial charge in [-0.2, -0.15) is 0 Å². The summed E-state index contributed by atoms with van der Waals surface area (Å²) >= 11 is 0. The Balaban J connectivity index is 1.96. The number of nitrogens with two attached hydrogens (primary N) is 1. The van der Waals surface area contributed by atoms with E-state index in [-0.39, 0.29) is 0 Å². The van der Waals surface area contributed by atoms with Crippen LogP contribution in [0.1, 0.15) is 24.4 Å². The Morgan fingerprint density at radius 2 is 2.00 bits per heavy atom. The number of hydrogen-bond donors (Lipinski definition) is 2. The van der Waals surface area contributed by atoms with Crippen molar-refractivity contribution in [1.82, 2.24) is 5.32 Å². The van der Waals surface area contributed by atoms with Gasteiger partial charge in [-0.25, -0.2) is 0 Å². The topological polar surface area (TPSA) is 38.0 Å². The van der Waals surface area contributed by atoms with Crippen molar-refractivity contribution in [2.24, 2.45) is 11.7 Å². The van der Waals surface area contributed by atoms with Crippen molar-refractivity contribution in [2.75, 3.05) is 13.1 Å². The number of rotatable bonds is 2. The fourth-order valence-corrected chi connectivity index (χ4v) is 2.09.